The van der Waals surface area contributed by atoms with E-state index in [2.05, 4.69) is 17.6 Å². The minimum atomic E-state index is 0.227. The first-order chi connectivity index (χ1) is 5.72. The molecule has 0 saturated carbocycles. The summed E-state index contributed by atoms with van der Waals surface area (Å²) in [5, 5.41) is 15.6. The fraction of sp³-hybridized carbons (Fsp3) is 1.00. The summed E-state index contributed by atoms with van der Waals surface area (Å²) in [7, 11) is 0. The van der Waals surface area contributed by atoms with E-state index < -0.39 is 0 Å². The van der Waals surface area contributed by atoms with Gasteiger partial charge in [0.15, 0.2) is 0 Å². The maximum Gasteiger partial charge on any atom is 0.0582 e. The third-order valence-corrected chi connectivity index (χ3v) is 2.45. The van der Waals surface area contributed by atoms with E-state index in [-0.39, 0.29) is 12.6 Å². The second-order valence-electron chi connectivity index (χ2n) is 3.83. The molecule has 0 radical (unpaired) electrons. The Hall–Kier alpha value is -0.120. The third kappa shape index (κ3) is 3.09. The van der Waals surface area contributed by atoms with Crippen LogP contribution in [-0.2, 0) is 0 Å². The molecule has 1 rings (SSSR count). The minimum Gasteiger partial charge on any atom is -0.395 e. The normalized spacial score (nSPS) is 33.2. The first-order valence-electron chi connectivity index (χ1n) is 4.82. The Morgan fingerprint density at radius 3 is 2.83 bits per heavy atom. The summed E-state index contributed by atoms with van der Waals surface area (Å²) >= 11 is 0. The number of piperidine rings is 1. The van der Waals surface area contributed by atoms with Gasteiger partial charge in [0.25, 0.3) is 0 Å². The molecule has 3 heteroatoms. The lowest BCUT2D eigenvalue weighted by Crippen LogP contribution is -2.50. The van der Waals surface area contributed by atoms with E-state index in [4.69, 9.17) is 5.11 Å². The Morgan fingerprint density at radius 1 is 1.58 bits per heavy atom. The third-order valence-electron chi connectivity index (χ3n) is 2.45. The van der Waals surface area contributed by atoms with Crippen molar-refractivity contribution in [3.8, 4) is 0 Å². The van der Waals surface area contributed by atoms with Crippen LogP contribution in [0.1, 0.15) is 26.7 Å². The van der Waals surface area contributed by atoms with E-state index in [1.807, 2.05) is 6.92 Å². The first kappa shape index (κ1) is 9.96. The molecule has 72 valence electrons. The van der Waals surface area contributed by atoms with Crippen LogP contribution in [0.4, 0.5) is 0 Å². The van der Waals surface area contributed by atoms with Crippen molar-refractivity contribution < 1.29 is 5.11 Å². The van der Waals surface area contributed by atoms with E-state index in [0.717, 1.165) is 6.54 Å². The van der Waals surface area contributed by atoms with Crippen molar-refractivity contribution in [1.29, 1.82) is 0 Å². The molecule has 12 heavy (non-hydrogen) atoms. The van der Waals surface area contributed by atoms with Crippen LogP contribution in [-0.4, -0.2) is 36.4 Å². The van der Waals surface area contributed by atoms with Gasteiger partial charge in [-0.1, -0.05) is 0 Å². The second-order valence-corrected chi connectivity index (χ2v) is 3.83. The van der Waals surface area contributed by atoms with Gasteiger partial charge in [-0.05, 0) is 26.7 Å². The van der Waals surface area contributed by atoms with E-state index in [0.29, 0.717) is 12.1 Å². The zero-order valence-electron chi connectivity index (χ0n) is 8.01. The van der Waals surface area contributed by atoms with Gasteiger partial charge >= 0.3 is 0 Å². The van der Waals surface area contributed by atoms with Gasteiger partial charge in [-0.2, -0.15) is 0 Å². The molecular formula is C9H20N2O. The molecule has 3 atom stereocenters. The first-order valence-corrected chi connectivity index (χ1v) is 4.82. The topological polar surface area (TPSA) is 44.3 Å². The molecule has 0 aromatic heterocycles. The number of nitrogens with one attached hydrogen (secondary N) is 2. The summed E-state index contributed by atoms with van der Waals surface area (Å²) in [6, 6.07) is 1.43. The summed E-state index contributed by atoms with van der Waals surface area (Å²) in [6.45, 7) is 5.49. The molecule has 3 unspecified atom stereocenters. The van der Waals surface area contributed by atoms with Crippen molar-refractivity contribution in [2.75, 3.05) is 13.2 Å². The summed E-state index contributed by atoms with van der Waals surface area (Å²) in [5.74, 6) is 0. The van der Waals surface area contributed by atoms with Crippen LogP contribution >= 0.6 is 0 Å². The van der Waals surface area contributed by atoms with E-state index in [1.165, 1.54) is 12.8 Å². The molecule has 3 N–H and O–H groups in total. The van der Waals surface area contributed by atoms with Crippen molar-refractivity contribution in [3.63, 3.8) is 0 Å². The molecule has 1 heterocycles. The molecule has 1 aliphatic rings. The van der Waals surface area contributed by atoms with Gasteiger partial charge in [-0.25, -0.2) is 0 Å². The predicted molar refractivity (Wildman–Crippen MR) is 50.2 cm³/mol. The van der Waals surface area contributed by atoms with Crippen LogP contribution in [0, 0.1) is 0 Å². The van der Waals surface area contributed by atoms with Gasteiger partial charge in [-0.3, -0.25) is 0 Å². The maximum absolute atomic E-state index is 8.83. The Balaban J connectivity index is 2.17. The number of aliphatic hydroxyl groups excluding tert-OH is 1. The fourth-order valence-electron chi connectivity index (χ4n) is 1.60. The van der Waals surface area contributed by atoms with Crippen LogP contribution in [0.3, 0.4) is 0 Å². The van der Waals surface area contributed by atoms with Gasteiger partial charge in [0.05, 0.1) is 6.61 Å². The molecule has 1 saturated heterocycles. The molecule has 1 fully saturated rings. The maximum atomic E-state index is 8.83. The van der Waals surface area contributed by atoms with Gasteiger partial charge in [-0.15, -0.1) is 0 Å². The minimum absolute atomic E-state index is 0.227. The van der Waals surface area contributed by atoms with Crippen LogP contribution in [0.2, 0.25) is 0 Å². The van der Waals surface area contributed by atoms with Gasteiger partial charge in [0.1, 0.15) is 0 Å². The molecule has 0 amide bonds. The standard InChI is InChI=1S/C9H20N2O/c1-7-3-4-9(5-10-7)11-8(2)6-12/h7-12H,3-6H2,1-2H3. The van der Waals surface area contributed by atoms with Gasteiger partial charge in [0.2, 0.25) is 0 Å². The lowest BCUT2D eigenvalue weighted by atomic mass is 10.0. The Kier molecular flexibility index (Phi) is 3.98. The lowest BCUT2D eigenvalue weighted by molar-refractivity contribution is 0.225. The second kappa shape index (κ2) is 4.80. The Morgan fingerprint density at radius 2 is 2.33 bits per heavy atom. The van der Waals surface area contributed by atoms with Crippen LogP contribution in [0.15, 0.2) is 0 Å². The highest BCUT2D eigenvalue weighted by Gasteiger charge is 2.17. The van der Waals surface area contributed by atoms with Crippen LogP contribution in [0.5, 0.6) is 0 Å². The predicted octanol–water partition coefficient (Wildman–Crippen LogP) is 0.0973. The number of rotatable bonds is 3. The van der Waals surface area contributed by atoms with Crippen LogP contribution in [0.25, 0.3) is 0 Å². The van der Waals surface area contributed by atoms with Crippen molar-refractivity contribution in [3.05, 3.63) is 0 Å². The SMILES string of the molecule is CC1CCC(NC(C)CO)CN1. The van der Waals surface area contributed by atoms with Gasteiger partial charge in [0, 0.05) is 24.7 Å². The average Bonchev–Trinajstić information content (AvgIpc) is 2.09. The van der Waals surface area contributed by atoms with Crippen LogP contribution < -0.4 is 10.6 Å². The summed E-state index contributed by atoms with van der Waals surface area (Å²) in [5.41, 5.74) is 0. The molecule has 0 aromatic carbocycles. The molecule has 0 aliphatic carbocycles. The highest BCUT2D eigenvalue weighted by molar-refractivity contribution is 4.81. The van der Waals surface area contributed by atoms with E-state index >= 15 is 0 Å². The molecule has 0 aromatic rings. The monoisotopic (exact) mass is 172 g/mol. The summed E-state index contributed by atoms with van der Waals surface area (Å²) in [4.78, 5) is 0. The van der Waals surface area contributed by atoms with Crippen molar-refractivity contribution >= 4 is 0 Å². The lowest BCUT2D eigenvalue weighted by Gasteiger charge is -2.30. The Labute approximate surface area is 74.5 Å². The molecule has 3 nitrogen and oxygen atoms in total. The molecule has 0 bridgehead atoms. The number of aliphatic hydroxyl groups is 1. The van der Waals surface area contributed by atoms with Crippen molar-refractivity contribution in [2.24, 2.45) is 0 Å². The summed E-state index contributed by atoms with van der Waals surface area (Å²) in [6.07, 6.45) is 2.45. The van der Waals surface area contributed by atoms with E-state index in [1.54, 1.807) is 0 Å². The number of hydrogen-bond donors (Lipinski definition) is 3. The quantitative estimate of drug-likeness (QED) is 0.565. The molecule has 1 aliphatic heterocycles. The zero-order chi connectivity index (χ0) is 8.97. The average molecular weight is 172 g/mol. The summed E-state index contributed by atoms with van der Waals surface area (Å²) < 4.78 is 0. The zero-order valence-corrected chi connectivity index (χ0v) is 8.01. The molecular weight excluding hydrogens is 152 g/mol. The number of hydrogen-bond acceptors (Lipinski definition) is 3. The van der Waals surface area contributed by atoms with Crippen molar-refractivity contribution in [1.82, 2.24) is 10.6 Å². The highest BCUT2D eigenvalue weighted by Crippen LogP contribution is 2.07. The van der Waals surface area contributed by atoms with E-state index in [9.17, 15) is 0 Å². The highest BCUT2D eigenvalue weighted by atomic mass is 16.3. The molecule has 0 spiro atoms. The fourth-order valence-corrected chi connectivity index (χ4v) is 1.60. The smallest absolute Gasteiger partial charge is 0.0582 e. The Bertz CT molecular complexity index is 122. The van der Waals surface area contributed by atoms with Gasteiger partial charge < -0.3 is 15.7 Å². The van der Waals surface area contributed by atoms with Crippen molar-refractivity contribution in [2.45, 2.75) is 44.8 Å². The largest absolute Gasteiger partial charge is 0.395 e.